The third-order valence-electron chi connectivity index (χ3n) is 19.5. The fourth-order valence-corrected chi connectivity index (χ4v) is 25.0. The van der Waals surface area contributed by atoms with Crippen LogP contribution in [-0.2, 0) is 6.42 Å². The number of para-hydroxylation sites is 4. The lowest BCUT2D eigenvalue weighted by Crippen LogP contribution is -2.74. The minimum atomic E-state index is -2.91. The van der Waals surface area contributed by atoms with E-state index in [0.717, 1.165) is 26.2 Å². The van der Waals surface area contributed by atoms with Crippen molar-refractivity contribution in [3.63, 3.8) is 0 Å². The lowest BCUT2D eigenvalue weighted by Gasteiger charge is -2.34. The van der Waals surface area contributed by atoms with Crippen LogP contribution in [0.2, 0.25) is 0 Å². The summed E-state index contributed by atoms with van der Waals surface area (Å²) in [5, 5.41) is 11.5. The van der Waals surface area contributed by atoms with Gasteiger partial charge in [-0.2, -0.15) is 0 Å². The molecule has 16 aromatic carbocycles. The summed E-state index contributed by atoms with van der Waals surface area (Å²) < 4.78 is 209. The van der Waals surface area contributed by atoms with Gasteiger partial charge in [0.25, 0.3) is 0 Å². The van der Waals surface area contributed by atoms with Crippen LogP contribution in [-0.4, -0.2) is 29.8 Å². The molecule has 1 aliphatic carbocycles. The van der Waals surface area contributed by atoms with E-state index in [0.29, 0.717) is 38.6 Å². The first-order chi connectivity index (χ1) is 61.0. The highest BCUT2D eigenvalue weighted by Gasteiger charge is 2.43. The predicted octanol–water partition coefficient (Wildman–Crippen LogP) is 19.4. The zero-order chi connectivity index (χ0) is 89.6. The third kappa shape index (κ3) is 10.9. The zero-order valence-electron chi connectivity index (χ0n) is 78.8. The van der Waals surface area contributed by atoms with Gasteiger partial charge in [-0.25, -0.2) is 0 Å². The molecular weight excluding hydrogens is 1340 g/mol. The fourth-order valence-electron chi connectivity index (χ4n) is 15.2. The van der Waals surface area contributed by atoms with Gasteiger partial charge >= 0.3 is 0 Å². The van der Waals surface area contributed by atoms with E-state index in [-0.39, 0.29) is 141 Å². The molecule has 1 aliphatic rings. The first-order valence-electron chi connectivity index (χ1n) is 45.5. The molecule has 20 rings (SSSR count). The lowest BCUT2D eigenvalue weighted by molar-refractivity contribution is 1.17. The van der Waals surface area contributed by atoms with Crippen molar-refractivity contribution in [2.24, 2.45) is 0 Å². The Labute approximate surface area is 644 Å². The van der Waals surface area contributed by atoms with Crippen LogP contribution in [0.1, 0.15) is 44.0 Å². The Morgan fingerprint density at radius 3 is 0.845 bits per heavy atom. The summed E-state index contributed by atoms with van der Waals surface area (Å²) in [7, 11) is -5.61. The second-order valence-corrected chi connectivity index (χ2v) is 33.5. The number of halogens is 1. The number of hydrogen-bond acceptors (Lipinski definition) is 0. The maximum Gasteiger partial charge on any atom is 0.179 e. The summed E-state index contributed by atoms with van der Waals surface area (Å²) in [5.74, 6) is 0. The van der Waals surface area contributed by atoms with Gasteiger partial charge in [-0.3, -0.25) is 0 Å². The standard InChI is InChI=1S/C48H34N2Si.C36H26BrNSi.C13H10/c1-4-16-37(17-5-1)51(38-18-6-2-7-19-38,39-20-8-3-9-21-39)40-31-28-35(29-32-40)49-47-27-15-12-24-43(47)44-34-36(30-33-48(44)49)50-45-25-13-10-22-41(45)42-23-11-14-26-46(42)50;37-27-20-25-36-34(26-27)33-18-10-11-19-35(33)38(36)28-21-23-32(24-22-28)39(29-12-4-1-5-13-29,30-14-6-2-7-15-30)31-16-8-3-9-17-31;1-3-7-12-10(5-1)9-11-6-2-4-8-13(11)12/h1-34H;1-26H;1-8H,9H2/i10D,11D,12D,13D,14D,15D,22D,23D,24D,25D,26D,27D;10D,11D,18D,19D;1D,2D,3D,4D,5D,6D,7D,8D. The van der Waals surface area contributed by atoms with E-state index in [2.05, 4.69) is 216 Å². The Kier molecular flexibility index (Phi) is 11.1. The SMILES string of the molecule is [2H]c1c([2H])c([2H])c2c(c1[2H])Cc1c([2H])c([2H])c([2H])c([2H])c1-2.[2H]c1c([2H])c([2H])c2c(c1[2H])c1cc(-n3c4c([2H])c([2H])c([2H])c([2H])c4c4c([2H])c([2H])c([2H])c([2H])c43)ccc1n2-c1ccc([Si](c2ccccc2)(c2ccccc2)c2ccccc2)cc1.[2H]c1c([2H])c([2H])c2c(c1[2H])c1cc(Br)ccc1n2-c1ccc([Si](c2ccccc2)(c2ccccc2)c2ccccc2)cc1. The fraction of sp³-hybridized carbons (Fsp3) is 0.0103. The van der Waals surface area contributed by atoms with Gasteiger partial charge in [0.1, 0.15) is 0 Å². The van der Waals surface area contributed by atoms with E-state index in [9.17, 15) is 2.74 Å². The highest BCUT2D eigenvalue weighted by molar-refractivity contribution is 9.10. The van der Waals surface area contributed by atoms with Crippen molar-refractivity contribution in [1.29, 1.82) is 0 Å². The predicted molar refractivity (Wildman–Crippen MR) is 446 cm³/mol. The molecule has 3 heterocycles. The number of aromatic nitrogens is 3. The summed E-state index contributed by atoms with van der Waals surface area (Å²) in [4.78, 5) is 0. The van der Waals surface area contributed by atoms with Gasteiger partial charge in [0.2, 0.25) is 0 Å². The van der Waals surface area contributed by atoms with Crippen LogP contribution in [0.5, 0.6) is 0 Å². The van der Waals surface area contributed by atoms with Crippen LogP contribution < -0.4 is 41.5 Å². The molecule has 0 fully saturated rings. The highest BCUT2D eigenvalue weighted by atomic mass is 79.9. The lowest BCUT2D eigenvalue weighted by atomic mass is 10.1. The van der Waals surface area contributed by atoms with E-state index in [1.54, 1.807) is 22.8 Å². The Bertz CT molecular complexity index is 7420. The van der Waals surface area contributed by atoms with Gasteiger partial charge in [0.15, 0.2) is 16.1 Å². The van der Waals surface area contributed by atoms with Crippen LogP contribution >= 0.6 is 15.9 Å². The summed E-state index contributed by atoms with van der Waals surface area (Å²) >= 11 is 3.56. The normalized spacial score (nSPS) is 15.2. The molecule has 3 aromatic heterocycles. The van der Waals surface area contributed by atoms with Crippen molar-refractivity contribution < 1.29 is 32.9 Å². The second-order valence-electron chi connectivity index (χ2n) is 24.9. The maximum absolute atomic E-state index is 9.25. The summed E-state index contributed by atoms with van der Waals surface area (Å²) in [6.45, 7) is 0. The van der Waals surface area contributed by atoms with Crippen molar-refractivity contribution >= 4 is 139 Å². The Balaban J connectivity index is 0.000000146. The number of nitrogens with zero attached hydrogens (tertiary/aromatic N) is 3. The summed E-state index contributed by atoms with van der Waals surface area (Å²) in [6, 6.07) is 83.1. The largest absolute Gasteiger partial charge is 0.309 e. The average molecular weight is 1440 g/mol. The van der Waals surface area contributed by atoms with Crippen LogP contribution in [0.25, 0.3) is 93.6 Å². The number of hydrogen-bond donors (Lipinski definition) is 0. The van der Waals surface area contributed by atoms with E-state index in [1.165, 1.54) is 40.9 Å². The van der Waals surface area contributed by atoms with E-state index < -0.39 is 76.6 Å². The molecule has 0 atom stereocenters. The highest BCUT2D eigenvalue weighted by Crippen LogP contribution is 2.39. The van der Waals surface area contributed by atoms with Crippen LogP contribution in [0.4, 0.5) is 0 Å². The molecule has 0 bridgehead atoms. The van der Waals surface area contributed by atoms with Gasteiger partial charge in [-0.1, -0.05) is 343 Å². The maximum atomic E-state index is 9.25. The molecule has 0 spiro atoms. The Hall–Kier alpha value is -12.2. The molecular formula is C97H70BrN3Si2. The van der Waals surface area contributed by atoms with E-state index in [4.69, 9.17) is 30.2 Å². The second kappa shape index (κ2) is 27.1. The molecule has 3 nitrogen and oxygen atoms in total. The van der Waals surface area contributed by atoms with Crippen LogP contribution in [0.15, 0.2) is 416 Å². The van der Waals surface area contributed by atoms with Crippen LogP contribution in [0.3, 0.4) is 0 Å². The number of benzene rings is 16. The monoisotopic (exact) mass is 1440 g/mol. The average Bonchev–Trinajstić information content (AvgIpc) is 0.922. The van der Waals surface area contributed by atoms with Gasteiger partial charge in [-0.15, -0.1) is 0 Å². The molecule has 488 valence electrons. The molecule has 0 amide bonds. The summed E-state index contributed by atoms with van der Waals surface area (Å²) in [6.07, 6.45) is 0.0956. The van der Waals surface area contributed by atoms with Gasteiger partial charge < -0.3 is 13.7 Å². The third-order valence-corrected chi connectivity index (χ3v) is 29.6. The summed E-state index contributed by atoms with van der Waals surface area (Å²) in [5.41, 5.74) is 4.76. The van der Waals surface area contributed by atoms with Crippen molar-refractivity contribution in [3.05, 3.63) is 428 Å². The zero-order valence-corrected chi connectivity index (χ0v) is 58.4. The van der Waals surface area contributed by atoms with Crippen molar-refractivity contribution in [1.82, 2.24) is 13.7 Å². The van der Waals surface area contributed by atoms with Gasteiger partial charge in [0, 0.05) is 53.9 Å². The van der Waals surface area contributed by atoms with Crippen molar-refractivity contribution in [3.8, 4) is 28.2 Å². The van der Waals surface area contributed by atoms with Crippen molar-refractivity contribution in [2.75, 3.05) is 0 Å². The Morgan fingerprint density at radius 2 is 0.495 bits per heavy atom. The first kappa shape index (κ1) is 42.2. The molecule has 0 unspecified atom stereocenters. The molecule has 0 saturated carbocycles. The van der Waals surface area contributed by atoms with E-state index >= 15 is 0 Å². The number of fused-ring (bicyclic) bond motifs is 12. The van der Waals surface area contributed by atoms with Crippen LogP contribution in [0, 0.1) is 0 Å². The molecule has 19 aromatic rings. The Morgan fingerprint density at radius 1 is 0.233 bits per heavy atom. The molecule has 0 N–H and O–H groups in total. The molecule has 6 heteroatoms. The van der Waals surface area contributed by atoms with E-state index in [1.807, 2.05) is 53.1 Å². The quantitative estimate of drug-likeness (QED) is 0.0906. The number of rotatable bonds is 11. The topological polar surface area (TPSA) is 14.8 Å². The minimum Gasteiger partial charge on any atom is -0.309 e. The van der Waals surface area contributed by atoms with Crippen molar-refractivity contribution in [2.45, 2.75) is 6.42 Å². The molecule has 0 aliphatic heterocycles. The smallest absolute Gasteiger partial charge is 0.179 e. The van der Waals surface area contributed by atoms with Gasteiger partial charge in [0.05, 0.1) is 66.0 Å². The van der Waals surface area contributed by atoms with Gasteiger partial charge in [-0.05, 0) is 155 Å². The first-order valence-corrected chi connectivity index (χ1v) is 38.3. The molecule has 103 heavy (non-hydrogen) atoms. The minimum absolute atomic E-state index is 0.0295. The molecule has 0 radical (unpaired) electrons. The molecule has 0 saturated heterocycles.